The van der Waals surface area contributed by atoms with Gasteiger partial charge in [0, 0.05) is 11.1 Å². The molecule has 34 heavy (non-hydrogen) atoms. The van der Waals surface area contributed by atoms with E-state index in [1.807, 2.05) is 80.6 Å². The Bertz CT molecular complexity index is 1380. The molecule has 0 saturated carbocycles. The molecule has 0 aliphatic heterocycles. The summed E-state index contributed by atoms with van der Waals surface area (Å²) in [7, 11) is 0. The molecule has 0 bridgehead atoms. The second-order valence-corrected chi connectivity index (χ2v) is 9.08. The predicted molar refractivity (Wildman–Crippen MR) is 138 cm³/mol. The van der Waals surface area contributed by atoms with Gasteiger partial charge in [-0.25, -0.2) is 0 Å². The lowest BCUT2D eigenvalue weighted by Gasteiger charge is -2.15. The van der Waals surface area contributed by atoms with Crippen LogP contribution in [0, 0.1) is 6.92 Å². The summed E-state index contributed by atoms with van der Waals surface area (Å²) in [6, 6.07) is 21.1. The first kappa shape index (κ1) is 23.6. The van der Waals surface area contributed by atoms with Crippen LogP contribution in [0.25, 0.3) is 16.5 Å². The molecule has 4 rings (SSSR count). The molecule has 4 aromatic rings. The maximum Gasteiger partial charge on any atom is 0.265 e. The Balaban J connectivity index is 1.62. The van der Waals surface area contributed by atoms with Gasteiger partial charge in [0.05, 0.1) is 17.0 Å². The molecule has 0 atom stereocenters. The molecule has 2 N–H and O–H groups in total. The zero-order chi connectivity index (χ0) is 24.1. The highest BCUT2D eigenvalue weighted by Gasteiger charge is 2.19. The monoisotopic (exact) mass is 473 g/mol. The SMILES string of the molecule is CCCCc1c(O)nc(SCC(=O)Nc2cccc3ccccc23)n(-c2ccc(C)cc2)c1=O. The largest absolute Gasteiger partial charge is 0.493 e. The van der Waals surface area contributed by atoms with E-state index in [4.69, 9.17) is 0 Å². The number of amides is 1. The van der Waals surface area contributed by atoms with E-state index >= 15 is 0 Å². The first-order valence-corrected chi connectivity index (χ1v) is 12.3. The summed E-state index contributed by atoms with van der Waals surface area (Å²) in [6.07, 6.45) is 2.12. The zero-order valence-electron chi connectivity index (χ0n) is 19.2. The number of thioether (sulfide) groups is 1. The minimum Gasteiger partial charge on any atom is -0.493 e. The zero-order valence-corrected chi connectivity index (χ0v) is 20.1. The predicted octanol–water partition coefficient (Wildman–Crippen LogP) is 5.47. The van der Waals surface area contributed by atoms with E-state index in [0.717, 1.165) is 46.6 Å². The van der Waals surface area contributed by atoms with Gasteiger partial charge in [0.1, 0.15) is 0 Å². The van der Waals surface area contributed by atoms with Gasteiger partial charge in [0.2, 0.25) is 11.8 Å². The minimum atomic E-state index is -0.304. The third-order valence-electron chi connectivity index (χ3n) is 5.59. The highest BCUT2D eigenvalue weighted by Crippen LogP contribution is 2.26. The van der Waals surface area contributed by atoms with Gasteiger partial charge in [-0.1, -0.05) is 79.2 Å². The van der Waals surface area contributed by atoms with Crippen LogP contribution >= 0.6 is 11.8 Å². The van der Waals surface area contributed by atoms with Crippen LogP contribution in [0.3, 0.4) is 0 Å². The number of hydrogen-bond acceptors (Lipinski definition) is 5. The number of aryl methyl sites for hydroxylation is 1. The number of benzene rings is 3. The number of carbonyl (C=O) groups is 1. The maximum atomic E-state index is 13.3. The van der Waals surface area contributed by atoms with Gasteiger partial charge in [0.25, 0.3) is 5.56 Å². The molecule has 0 aliphatic carbocycles. The molecule has 1 heterocycles. The number of aromatic hydroxyl groups is 1. The van der Waals surface area contributed by atoms with Crippen molar-refractivity contribution in [1.29, 1.82) is 0 Å². The molecule has 1 aromatic heterocycles. The quantitative estimate of drug-likeness (QED) is 0.262. The second kappa shape index (κ2) is 10.6. The van der Waals surface area contributed by atoms with Crippen LogP contribution in [0.5, 0.6) is 5.88 Å². The number of unbranched alkanes of at least 4 members (excludes halogenated alkanes) is 1. The molecular formula is C27H27N3O3S. The molecule has 174 valence electrons. The Morgan fingerprint density at radius 2 is 1.79 bits per heavy atom. The van der Waals surface area contributed by atoms with E-state index in [-0.39, 0.29) is 28.3 Å². The minimum absolute atomic E-state index is 0.0370. The van der Waals surface area contributed by atoms with E-state index in [2.05, 4.69) is 10.3 Å². The summed E-state index contributed by atoms with van der Waals surface area (Å²) in [5, 5.41) is 15.7. The Morgan fingerprint density at radius 3 is 2.56 bits per heavy atom. The highest BCUT2D eigenvalue weighted by molar-refractivity contribution is 7.99. The average Bonchev–Trinajstić information content (AvgIpc) is 2.84. The number of anilines is 1. The van der Waals surface area contributed by atoms with Gasteiger partial charge in [-0.3, -0.25) is 14.2 Å². The Kier molecular flexibility index (Phi) is 7.33. The van der Waals surface area contributed by atoms with Crippen molar-refractivity contribution in [3.8, 4) is 11.6 Å². The lowest BCUT2D eigenvalue weighted by atomic mass is 10.1. The fourth-order valence-electron chi connectivity index (χ4n) is 3.77. The number of rotatable bonds is 8. The summed E-state index contributed by atoms with van der Waals surface area (Å²) in [4.78, 5) is 30.4. The van der Waals surface area contributed by atoms with Crippen molar-refractivity contribution < 1.29 is 9.90 Å². The lowest BCUT2D eigenvalue weighted by molar-refractivity contribution is -0.113. The smallest absolute Gasteiger partial charge is 0.265 e. The molecule has 0 radical (unpaired) electrons. The number of nitrogens with zero attached hydrogens (tertiary/aromatic N) is 2. The van der Waals surface area contributed by atoms with Gasteiger partial charge in [-0.05, 0) is 43.4 Å². The summed E-state index contributed by atoms with van der Waals surface area (Å²) in [5.41, 5.74) is 2.44. The number of carbonyl (C=O) groups excluding carboxylic acids is 1. The third-order valence-corrected chi connectivity index (χ3v) is 6.53. The molecular weight excluding hydrogens is 446 g/mol. The molecule has 0 saturated heterocycles. The van der Waals surface area contributed by atoms with E-state index in [1.54, 1.807) is 0 Å². The van der Waals surface area contributed by atoms with Gasteiger partial charge in [0.15, 0.2) is 5.16 Å². The number of fused-ring (bicyclic) bond motifs is 1. The summed E-state index contributed by atoms with van der Waals surface area (Å²) < 4.78 is 1.49. The summed E-state index contributed by atoms with van der Waals surface area (Å²) in [5.74, 6) is -0.450. The van der Waals surface area contributed by atoms with Crippen LogP contribution in [0.4, 0.5) is 5.69 Å². The van der Waals surface area contributed by atoms with Gasteiger partial charge >= 0.3 is 0 Å². The topological polar surface area (TPSA) is 84.2 Å². The standard InChI is InChI=1S/C27H27N3O3S/c1-3-4-10-22-25(32)29-27(30(26(22)33)20-15-13-18(2)14-16-20)34-17-24(31)28-23-12-7-9-19-8-5-6-11-21(19)23/h5-9,11-16,32H,3-4,10,17H2,1-2H3,(H,28,31). The van der Waals surface area contributed by atoms with Crippen molar-refractivity contribution in [2.75, 3.05) is 11.1 Å². The Labute approximate surface area is 202 Å². The van der Waals surface area contributed by atoms with Crippen molar-refractivity contribution in [1.82, 2.24) is 9.55 Å². The van der Waals surface area contributed by atoms with E-state index in [1.165, 1.54) is 4.57 Å². The highest BCUT2D eigenvalue weighted by atomic mass is 32.2. The van der Waals surface area contributed by atoms with Crippen molar-refractivity contribution in [3.05, 3.63) is 88.2 Å². The van der Waals surface area contributed by atoms with Crippen LogP contribution < -0.4 is 10.9 Å². The summed E-state index contributed by atoms with van der Waals surface area (Å²) in [6.45, 7) is 4.00. The fourth-order valence-corrected chi connectivity index (χ4v) is 4.57. The molecule has 0 aliphatic rings. The normalized spacial score (nSPS) is 11.0. The van der Waals surface area contributed by atoms with Gasteiger partial charge in [-0.15, -0.1) is 0 Å². The lowest BCUT2D eigenvalue weighted by Crippen LogP contribution is -2.26. The Hall–Kier alpha value is -3.58. The number of hydrogen-bond donors (Lipinski definition) is 2. The molecule has 6 nitrogen and oxygen atoms in total. The van der Waals surface area contributed by atoms with Crippen LogP contribution in [-0.4, -0.2) is 26.3 Å². The molecule has 3 aromatic carbocycles. The molecule has 7 heteroatoms. The molecule has 0 unspecified atom stereocenters. The van der Waals surface area contributed by atoms with E-state index in [9.17, 15) is 14.7 Å². The first-order valence-electron chi connectivity index (χ1n) is 11.3. The van der Waals surface area contributed by atoms with Gasteiger partial charge < -0.3 is 10.4 Å². The average molecular weight is 474 g/mol. The van der Waals surface area contributed by atoms with Crippen LogP contribution in [-0.2, 0) is 11.2 Å². The van der Waals surface area contributed by atoms with Crippen LogP contribution in [0.2, 0.25) is 0 Å². The molecule has 0 spiro atoms. The second-order valence-electron chi connectivity index (χ2n) is 8.14. The fraction of sp³-hybridized carbons (Fsp3) is 0.222. The van der Waals surface area contributed by atoms with Crippen LogP contribution in [0.1, 0.15) is 30.9 Å². The number of aromatic nitrogens is 2. The van der Waals surface area contributed by atoms with Crippen LogP contribution in [0.15, 0.2) is 76.7 Å². The summed E-state index contributed by atoms with van der Waals surface area (Å²) >= 11 is 1.12. The van der Waals surface area contributed by atoms with Crippen molar-refractivity contribution in [3.63, 3.8) is 0 Å². The van der Waals surface area contributed by atoms with Crippen molar-refractivity contribution >= 4 is 34.1 Å². The molecule has 0 fully saturated rings. The Morgan fingerprint density at radius 1 is 1.06 bits per heavy atom. The maximum absolute atomic E-state index is 13.3. The van der Waals surface area contributed by atoms with Gasteiger partial charge in [-0.2, -0.15) is 4.98 Å². The first-order chi connectivity index (χ1) is 16.5. The van der Waals surface area contributed by atoms with Crippen molar-refractivity contribution in [2.45, 2.75) is 38.3 Å². The van der Waals surface area contributed by atoms with E-state index < -0.39 is 0 Å². The van der Waals surface area contributed by atoms with E-state index in [0.29, 0.717) is 17.7 Å². The third kappa shape index (κ3) is 5.15. The van der Waals surface area contributed by atoms with Crippen molar-refractivity contribution in [2.24, 2.45) is 0 Å². The number of nitrogens with one attached hydrogen (secondary N) is 1. The molecule has 1 amide bonds.